The molecule has 25 heavy (non-hydrogen) atoms. The van der Waals surface area contributed by atoms with Crippen LogP contribution in [0.3, 0.4) is 0 Å². The summed E-state index contributed by atoms with van der Waals surface area (Å²) < 4.78 is 15.4. The molecule has 0 rings (SSSR count). The molecule has 0 saturated heterocycles. The molecule has 0 saturated carbocycles. The van der Waals surface area contributed by atoms with Gasteiger partial charge in [0.15, 0.2) is 6.29 Å². The predicted molar refractivity (Wildman–Crippen MR) is 101 cm³/mol. The third kappa shape index (κ3) is 14.3. The summed E-state index contributed by atoms with van der Waals surface area (Å²) in [7, 11) is 9.87. The minimum absolute atomic E-state index is 0.110. The van der Waals surface area contributed by atoms with Crippen molar-refractivity contribution in [1.82, 2.24) is 10.6 Å². The van der Waals surface area contributed by atoms with Gasteiger partial charge in [0.05, 0.1) is 20.6 Å². The number of ether oxygens (including phenoxy) is 3. The number of rotatable bonds is 15. The summed E-state index contributed by atoms with van der Waals surface area (Å²) >= 11 is 0. The third-order valence-corrected chi connectivity index (χ3v) is 4.98. The predicted octanol–water partition coefficient (Wildman–Crippen LogP) is 0.486. The van der Waals surface area contributed by atoms with Crippen LogP contribution in [0.25, 0.3) is 0 Å². The fourth-order valence-corrected chi connectivity index (χ4v) is 2.84. The van der Waals surface area contributed by atoms with Crippen molar-refractivity contribution in [2.45, 2.75) is 32.2 Å². The van der Waals surface area contributed by atoms with E-state index >= 15 is 0 Å². The smallest absolute Gasteiger partial charge is 0.407 e. The van der Waals surface area contributed by atoms with Gasteiger partial charge in [-0.15, -0.1) is 10.8 Å². The molecule has 0 heterocycles. The number of hydrogen-bond acceptors (Lipinski definition) is 8. The first-order chi connectivity index (χ1) is 12.1. The molecule has 0 bridgehead atoms. The largest absolute Gasteiger partial charge is 0.444 e. The summed E-state index contributed by atoms with van der Waals surface area (Å²) in [5, 5.41) is 14.3. The topological polar surface area (TPSA) is 106 Å². The minimum atomic E-state index is -0.755. The summed E-state index contributed by atoms with van der Waals surface area (Å²) in [5.41, 5.74) is 0.540. The van der Waals surface area contributed by atoms with E-state index in [1.54, 1.807) is 10.8 Å². The van der Waals surface area contributed by atoms with Gasteiger partial charge in [-0.25, -0.2) is 4.79 Å². The first-order valence-electron chi connectivity index (χ1n) is 7.98. The van der Waals surface area contributed by atoms with Crippen molar-refractivity contribution in [1.29, 1.82) is 0 Å². The van der Waals surface area contributed by atoms with Crippen molar-refractivity contribution in [2.24, 2.45) is 0 Å². The minimum Gasteiger partial charge on any atom is -0.444 e. The molecule has 2 unspecified atom stereocenters. The van der Waals surface area contributed by atoms with Gasteiger partial charge >= 0.3 is 6.09 Å². The van der Waals surface area contributed by atoms with Crippen LogP contribution in [-0.2, 0) is 19.0 Å². The quantitative estimate of drug-likeness (QED) is 0.160. The number of carbonyl (C=O) groups excluding carboxylic acids is 2. The van der Waals surface area contributed by atoms with Gasteiger partial charge in [-0.05, 0) is 12.1 Å². The SMILES string of the molecule is [B]CSSCCNC(=O)CCNC(=O)OCC(OC)OC(CC)CO. The highest BCUT2D eigenvalue weighted by molar-refractivity contribution is 8.77. The van der Waals surface area contributed by atoms with Crippen molar-refractivity contribution in [3.63, 3.8) is 0 Å². The molecule has 0 aromatic rings. The van der Waals surface area contributed by atoms with Crippen LogP contribution >= 0.6 is 21.6 Å². The Labute approximate surface area is 158 Å². The average Bonchev–Trinajstić information content (AvgIpc) is 2.62. The van der Waals surface area contributed by atoms with Crippen LogP contribution in [0.5, 0.6) is 0 Å². The fraction of sp³-hybridized carbons (Fsp3) is 0.857. The van der Waals surface area contributed by atoms with Gasteiger partial charge < -0.3 is 30.0 Å². The summed E-state index contributed by atoms with van der Waals surface area (Å²) in [4.78, 5) is 23.1. The molecular weight excluding hydrogens is 367 g/mol. The van der Waals surface area contributed by atoms with Crippen molar-refractivity contribution in [2.75, 3.05) is 44.8 Å². The molecule has 2 radical (unpaired) electrons. The van der Waals surface area contributed by atoms with E-state index in [1.807, 2.05) is 6.92 Å². The second-order valence-electron chi connectivity index (χ2n) is 4.75. The maximum absolute atomic E-state index is 11.6. The molecule has 0 aliphatic carbocycles. The molecule has 0 aliphatic rings. The van der Waals surface area contributed by atoms with Crippen molar-refractivity contribution >= 4 is 41.4 Å². The maximum Gasteiger partial charge on any atom is 0.407 e. The molecule has 2 amide bonds. The van der Waals surface area contributed by atoms with E-state index in [0.29, 0.717) is 18.6 Å². The molecule has 11 heteroatoms. The lowest BCUT2D eigenvalue weighted by Crippen LogP contribution is -2.35. The van der Waals surface area contributed by atoms with Crippen LogP contribution < -0.4 is 10.6 Å². The Kier molecular flexibility index (Phi) is 16.4. The number of amides is 2. The first-order valence-corrected chi connectivity index (χ1v) is 10.5. The summed E-state index contributed by atoms with van der Waals surface area (Å²) in [6.07, 6.45) is -1.01. The fourth-order valence-electron chi connectivity index (χ4n) is 1.55. The average molecular weight is 394 g/mol. The molecule has 8 nitrogen and oxygen atoms in total. The van der Waals surface area contributed by atoms with Gasteiger partial charge in [0.2, 0.25) is 5.91 Å². The number of methoxy groups -OCH3 is 1. The zero-order valence-electron chi connectivity index (χ0n) is 14.7. The van der Waals surface area contributed by atoms with E-state index < -0.39 is 12.4 Å². The number of aliphatic hydroxyl groups is 1. The Balaban J connectivity index is 3.76. The van der Waals surface area contributed by atoms with Crippen LogP contribution in [0.15, 0.2) is 0 Å². The van der Waals surface area contributed by atoms with Crippen LogP contribution in [0.4, 0.5) is 4.79 Å². The van der Waals surface area contributed by atoms with E-state index in [0.717, 1.165) is 5.75 Å². The van der Waals surface area contributed by atoms with Gasteiger partial charge in [-0.3, -0.25) is 4.79 Å². The monoisotopic (exact) mass is 394 g/mol. The van der Waals surface area contributed by atoms with E-state index in [-0.39, 0.29) is 38.2 Å². The van der Waals surface area contributed by atoms with Crippen LogP contribution in [0.2, 0.25) is 0 Å². The lowest BCUT2D eigenvalue weighted by Gasteiger charge is -2.21. The molecule has 0 spiro atoms. The second kappa shape index (κ2) is 16.8. The maximum atomic E-state index is 11.6. The number of aliphatic hydroxyl groups excluding tert-OH is 1. The van der Waals surface area contributed by atoms with E-state index in [9.17, 15) is 9.59 Å². The summed E-state index contributed by atoms with van der Waals surface area (Å²) in [6, 6.07) is 0. The van der Waals surface area contributed by atoms with Crippen LogP contribution in [0, 0.1) is 0 Å². The van der Waals surface area contributed by atoms with Crippen molar-refractivity contribution < 1.29 is 28.9 Å². The van der Waals surface area contributed by atoms with Crippen molar-refractivity contribution in [3.8, 4) is 0 Å². The van der Waals surface area contributed by atoms with E-state index in [2.05, 4.69) is 10.6 Å². The Bertz CT molecular complexity index is 364. The van der Waals surface area contributed by atoms with Gasteiger partial charge in [0, 0.05) is 32.4 Å². The number of hydrogen-bond donors (Lipinski definition) is 3. The van der Waals surface area contributed by atoms with Gasteiger partial charge in [-0.2, -0.15) is 0 Å². The molecule has 144 valence electrons. The Morgan fingerprint density at radius 2 is 2.00 bits per heavy atom. The number of nitrogens with one attached hydrogen (secondary N) is 2. The molecular formula is C14H27BN2O6S2. The van der Waals surface area contributed by atoms with Crippen molar-refractivity contribution in [3.05, 3.63) is 0 Å². The normalized spacial score (nSPS) is 13.1. The Morgan fingerprint density at radius 1 is 1.24 bits per heavy atom. The Morgan fingerprint density at radius 3 is 2.60 bits per heavy atom. The lowest BCUT2D eigenvalue weighted by molar-refractivity contribution is -0.181. The summed E-state index contributed by atoms with van der Waals surface area (Å²) in [5.74, 6) is 0.624. The highest BCUT2D eigenvalue weighted by atomic mass is 33.1. The molecule has 0 aromatic heterocycles. The van der Waals surface area contributed by atoms with Gasteiger partial charge in [-0.1, -0.05) is 17.7 Å². The highest BCUT2D eigenvalue weighted by Gasteiger charge is 2.16. The zero-order chi connectivity index (χ0) is 18.9. The zero-order valence-corrected chi connectivity index (χ0v) is 16.3. The molecule has 0 aromatic carbocycles. The van der Waals surface area contributed by atoms with E-state index in [1.165, 1.54) is 17.9 Å². The standard InChI is InChI=1S/C14H27BN2O6S2/c1-3-11(8-18)23-13(21-2)9-22-14(20)17-5-4-12(19)16-6-7-24-25-10-15/h11,13,18H,3-10H2,1-2H3,(H,16,19)(H,17,20). The summed E-state index contributed by atoms with van der Waals surface area (Å²) in [6.45, 7) is 2.34. The molecule has 0 aliphatic heterocycles. The number of carbonyl (C=O) groups is 2. The first kappa shape index (κ1) is 24.4. The third-order valence-electron chi connectivity index (χ3n) is 2.90. The Hall–Kier alpha value is -0.615. The van der Waals surface area contributed by atoms with E-state index in [4.69, 9.17) is 27.2 Å². The molecule has 3 N–H and O–H groups in total. The lowest BCUT2D eigenvalue weighted by atomic mass is 10.2. The van der Waals surface area contributed by atoms with Crippen LogP contribution in [-0.4, -0.2) is 82.2 Å². The molecule has 2 atom stereocenters. The highest BCUT2D eigenvalue weighted by Crippen LogP contribution is 2.17. The number of alkyl carbamates (subject to hydrolysis) is 1. The van der Waals surface area contributed by atoms with Gasteiger partial charge in [0.25, 0.3) is 0 Å². The second-order valence-corrected chi connectivity index (χ2v) is 7.37. The van der Waals surface area contributed by atoms with Crippen LogP contribution in [0.1, 0.15) is 19.8 Å². The molecule has 0 fully saturated rings. The van der Waals surface area contributed by atoms with Gasteiger partial charge in [0.1, 0.15) is 6.61 Å².